The number of hydrogen-bond acceptors (Lipinski definition) is 2. The third-order valence-corrected chi connectivity index (χ3v) is 2.44. The SMILES string of the molecule is Cc1cc(C)c(C(CC(=O)O)C(F)(F)F)cn1. The fourth-order valence-electron chi connectivity index (χ4n) is 1.65. The van der Waals surface area contributed by atoms with Gasteiger partial charge in [0.2, 0.25) is 0 Å². The van der Waals surface area contributed by atoms with E-state index in [1.807, 2.05) is 0 Å². The van der Waals surface area contributed by atoms with Gasteiger partial charge in [0.05, 0.1) is 12.3 Å². The first-order chi connectivity index (χ1) is 7.71. The zero-order chi connectivity index (χ0) is 13.2. The Morgan fingerprint density at radius 1 is 1.47 bits per heavy atom. The quantitative estimate of drug-likeness (QED) is 0.893. The molecule has 1 heterocycles. The van der Waals surface area contributed by atoms with Gasteiger partial charge in [-0.05, 0) is 31.0 Å². The summed E-state index contributed by atoms with van der Waals surface area (Å²) in [6.45, 7) is 3.18. The number of pyridine rings is 1. The van der Waals surface area contributed by atoms with E-state index in [4.69, 9.17) is 5.11 Å². The molecule has 0 aromatic carbocycles. The Kier molecular flexibility index (Phi) is 3.75. The number of carboxylic acids is 1. The van der Waals surface area contributed by atoms with Gasteiger partial charge in [-0.15, -0.1) is 0 Å². The van der Waals surface area contributed by atoms with Crippen LogP contribution in [0.3, 0.4) is 0 Å². The van der Waals surface area contributed by atoms with E-state index in [1.54, 1.807) is 6.92 Å². The molecule has 1 rings (SSSR count). The first kappa shape index (κ1) is 13.5. The molecule has 1 atom stereocenters. The Hall–Kier alpha value is -1.59. The average Bonchev–Trinajstić information content (AvgIpc) is 2.13. The Labute approximate surface area is 96.3 Å². The van der Waals surface area contributed by atoms with E-state index >= 15 is 0 Å². The highest BCUT2D eigenvalue weighted by Gasteiger charge is 2.42. The van der Waals surface area contributed by atoms with Gasteiger partial charge in [-0.1, -0.05) is 0 Å². The van der Waals surface area contributed by atoms with Crippen LogP contribution in [0.15, 0.2) is 12.3 Å². The van der Waals surface area contributed by atoms with Crippen molar-refractivity contribution in [2.24, 2.45) is 0 Å². The summed E-state index contributed by atoms with van der Waals surface area (Å²) in [7, 11) is 0. The van der Waals surface area contributed by atoms with Crippen molar-refractivity contribution in [3.8, 4) is 0 Å². The molecule has 17 heavy (non-hydrogen) atoms. The summed E-state index contributed by atoms with van der Waals surface area (Å²) in [6.07, 6.45) is -4.46. The molecule has 0 amide bonds. The molecule has 0 aliphatic rings. The molecule has 1 aromatic rings. The van der Waals surface area contributed by atoms with Crippen LogP contribution in [0.4, 0.5) is 13.2 Å². The summed E-state index contributed by atoms with van der Waals surface area (Å²) in [6, 6.07) is 1.51. The van der Waals surface area contributed by atoms with Crippen LogP contribution in [0, 0.1) is 13.8 Å². The molecule has 1 aromatic heterocycles. The third-order valence-electron chi connectivity index (χ3n) is 2.44. The van der Waals surface area contributed by atoms with E-state index in [1.165, 1.54) is 13.0 Å². The van der Waals surface area contributed by atoms with Crippen molar-refractivity contribution in [1.82, 2.24) is 4.98 Å². The Bertz CT molecular complexity index is 429. The van der Waals surface area contributed by atoms with Crippen molar-refractivity contribution < 1.29 is 23.1 Å². The number of halogens is 3. The van der Waals surface area contributed by atoms with E-state index in [9.17, 15) is 18.0 Å². The fraction of sp³-hybridized carbons (Fsp3) is 0.455. The zero-order valence-corrected chi connectivity index (χ0v) is 9.38. The summed E-state index contributed by atoms with van der Waals surface area (Å²) >= 11 is 0. The maximum absolute atomic E-state index is 12.8. The van der Waals surface area contributed by atoms with E-state index < -0.39 is 24.5 Å². The molecule has 0 saturated carbocycles. The number of nitrogens with zero attached hydrogens (tertiary/aromatic N) is 1. The van der Waals surface area contributed by atoms with E-state index in [-0.39, 0.29) is 5.56 Å². The van der Waals surface area contributed by atoms with Gasteiger partial charge in [0.25, 0.3) is 0 Å². The van der Waals surface area contributed by atoms with Crippen molar-refractivity contribution in [2.45, 2.75) is 32.4 Å². The standard InChI is InChI=1S/C11H12F3NO2/c1-6-3-7(2)15-5-8(6)9(4-10(16)17)11(12,13)14/h3,5,9H,4H2,1-2H3,(H,16,17). The van der Waals surface area contributed by atoms with Crippen molar-refractivity contribution in [3.05, 3.63) is 29.1 Å². The topological polar surface area (TPSA) is 50.2 Å². The lowest BCUT2D eigenvalue weighted by Gasteiger charge is -2.20. The number of carboxylic acid groups (broad SMARTS) is 1. The van der Waals surface area contributed by atoms with Gasteiger partial charge in [0, 0.05) is 11.9 Å². The third kappa shape index (κ3) is 3.44. The second kappa shape index (κ2) is 4.73. The number of aromatic nitrogens is 1. The maximum Gasteiger partial charge on any atom is 0.396 e. The van der Waals surface area contributed by atoms with Gasteiger partial charge in [-0.25, -0.2) is 0 Å². The van der Waals surface area contributed by atoms with E-state index in [0.29, 0.717) is 11.3 Å². The Balaban J connectivity index is 3.17. The maximum atomic E-state index is 12.8. The van der Waals surface area contributed by atoms with Crippen LogP contribution in [0.5, 0.6) is 0 Å². The highest BCUT2D eigenvalue weighted by Crippen LogP contribution is 2.38. The number of rotatable bonds is 3. The second-order valence-corrected chi connectivity index (χ2v) is 3.87. The van der Waals surface area contributed by atoms with Gasteiger partial charge in [-0.2, -0.15) is 13.2 Å². The number of aryl methyl sites for hydroxylation is 2. The second-order valence-electron chi connectivity index (χ2n) is 3.87. The molecule has 0 radical (unpaired) electrons. The number of carbonyl (C=O) groups is 1. The summed E-state index contributed by atoms with van der Waals surface area (Å²) in [5, 5.41) is 8.53. The van der Waals surface area contributed by atoms with Crippen LogP contribution < -0.4 is 0 Å². The van der Waals surface area contributed by atoms with Crippen molar-refractivity contribution in [3.63, 3.8) is 0 Å². The average molecular weight is 247 g/mol. The molecule has 0 fully saturated rings. The minimum atomic E-state index is -4.58. The Morgan fingerprint density at radius 2 is 2.06 bits per heavy atom. The highest BCUT2D eigenvalue weighted by molar-refractivity contribution is 5.68. The molecular weight excluding hydrogens is 235 g/mol. The van der Waals surface area contributed by atoms with Crippen molar-refractivity contribution in [2.75, 3.05) is 0 Å². The van der Waals surface area contributed by atoms with Crippen LogP contribution in [-0.4, -0.2) is 22.2 Å². The molecular formula is C11H12F3NO2. The lowest BCUT2D eigenvalue weighted by Crippen LogP contribution is -2.24. The van der Waals surface area contributed by atoms with Gasteiger partial charge < -0.3 is 5.11 Å². The summed E-state index contributed by atoms with van der Waals surface area (Å²) in [5.41, 5.74) is 0.925. The smallest absolute Gasteiger partial charge is 0.396 e. The fourth-order valence-corrected chi connectivity index (χ4v) is 1.65. The van der Waals surface area contributed by atoms with Gasteiger partial charge >= 0.3 is 12.1 Å². The molecule has 6 heteroatoms. The van der Waals surface area contributed by atoms with E-state index in [2.05, 4.69) is 4.98 Å². The number of hydrogen-bond donors (Lipinski definition) is 1. The van der Waals surface area contributed by atoms with Gasteiger partial charge in [-0.3, -0.25) is 9.78 Å². The van der Waals surface area contributed by atoms with Crippen LogP contribution in [0.1, 0.15) is 29.2 Å². The van der Waals surface area contributed by atoms with Crippen LogP contribution in [0.2, 0.25) is 0 Å². The first-order valence-corrected chi connectivity index (χ1v) is 4.93. The van der Waals surface area contributed by atoms with E-state index in [0.717, 1.165) is 6.20 Å². The van der Waals surface area contributed by atoms with Crippen LogP contribution >= 0.6 is 0 Å². The normalized spacial score (nSPS) is 13.5. The minimum absolute atomic E-state index is 0.0782. The van der Waals surface area contributed by atoms with Crippen molar-refractivity contribution in [1.29, 1.82) is 0 Å². The summed E-state index contributed by atoms with van der Waals surface area (Å²) in [5.74, 6) is -3.49. The zero-order valence-electron chi connectivity index (χ0n) is 9.38. The lowest BCUT2D eigenvalue weighted by molar-refractivity contribution is -0.163. The molecule has 0 aliphatic heterocycles. The summed E-state index contributed by atoms with van der Waals surface area (Å²) in [4.78, 5) is 14.3. The first-order valence-electron chi connectivity index (χ1n) is 4.93. The predicted molar refractivity (Wildman–Crippen MR) is 54.8 cm³/mol. The molecule has 3 nitrogen and oxygen atoms in total. The molecule has 1 unspecified atom stereocenters. The lowest BCUT2D eigenvalue weighted by atomic mass is 9.93. The number of alkyl halides is 3. The molecule has 0 aliphatic carbocycles. The predicted octanol–water partition coefficient (Wildman–Crippen LogP) is 2.82. The van der Waals surface area contributed by atoms with Gasteiger partial charge in [0.1, 0.15) is 0 Å². The molecule has 0 spiro atoms. The molecule has 94 valence electrons. The van der Waals surface area contributed by atoms with Crippen LogP contribution in [0.25, 0.3) is 0 Å². The van der Waals surface area contributed by atoms with Crippen molar-refractivity contribution >= 4 is 5.97 Å². The Morgan fingerprint density at radius 3 is 2.47 bits per heavy atom. The minimum Gasteiger partial charge on any atom is -0.481 e. The molecule has 0 bridgehead atoms. The number of aliphatic carboxylic acids is 1. The molecule has 0 saturated heterocycles. The summed E-state index contributed by atoms with van der Waals surface area (Å²) < 4.78 is 38.3. The highest BCUT2D eigenvalue weighted by atomic mass is 19.4. The molecule has 1 N–H and O–H groups in total. The monoisotopic (exact) mass is 247 g/mol. The van der Waals surface area contributed by atoms with Gasteiger partial charge in [0.15, 0.2) is 0 Å². The largest absolute Gasteiger partial charge is 0.481 e. The van der Waals surface area contributed by atoms with Crippen LogP contribution in [-0.2, 0) is 4.79 Å².